The van der Waals surface area contributed by atoms with Crippen molar-refractivity contribution in [1.82, 2.24) is 0 Å². The van der Waals surface area contributed by atoms with Gasteiger partial charge in [-0.25, -0.2) is 0 Å². The van der Waals surface area contributed by atoms with Crippen molar-refractivity contribution in [3.8, 4) is 0 Å². The summed E-state index contributed by atoms with van der Waals surface area (Å²) >= 11 is -22.1. The van der Waals surface area contributed by atoms with Gasteiger partial charge in [-0.3, -0.25) is 0 Å². The molecule has 0 aromatic carbocycles. The second-order valence-corrected chi connectivity index (χ2v) is 14.5. The zero-order valence-corrected chi connectivity index (χ0v) is 22.0. The van der Waals surface area contributed by atoms with Crippen molar-refractivity contribution in [2.75, 3.05) is 0 Å². The fraction of sp³-hybridized carbons (Fsp3) is 0. The summed E-state index contributed by atoms with van der Waals surface area (Å²) < 4.78 is 265. The standard InChI is InChI=1S/2AsF6.4F3NS.Mn/c2*2-1(3,4,5,6)7;4*1-5(2,3)4;/q2*-1;;;;;+2. The van der Waals surface area contributed by atoms with Crippen LogP contribution in [0.2, 0.25) is 0 Å². The predicted molar refractivity (Wildman–Crippen MR) is 75.4 cm³/mol. The molecular weight excluding hydrogens is 845 g/mol. The Morgan fingerprint density at radius 1 is 0.286 bits per heavy atom. The normalized spacial score (nSPS) is 15.9. The molecule has 0 unspecified atom stereocenters. The van der Waals surface area contributed by atoms with E-state index in [1.807, 2.05) is 0 Å². The van der Waals surface area contributed by atoms with E-state index in [1.165, 1.54) is 0 Å². The summed E-state index contributed by atoms with van der Waals surface area (Å²) in [6.45, 7) is 0. The third kappa shape index (κ3) is 919000. The molecule has 0 amide bonds. The van der Waals surface area contributed by atoms with Crippen molar-refractivity contribution in [2.45, 2.75) is 0 Å². The van der Waals surface area contributed by atoms with Crippen LogP contribution in [0.1, 0.15) is 0 Å². The molecule has 0 aliphatic heterocycles. The number of rotatable bonds is 0. The van der Waals surface area contributed by atoms with Gasteiger partial charge in [-0.1, -0.05) is 46.6 Å². The van der Waals surface area contributed by atoms with E-state index in [2.05, 4.69) is 0 Å². The molecule has 0 atom stereocenters. The third-order valence-electron chi connectivity index (χ3n) is 0. The van der Waals surface area contributed by atoms with Crippen molar-refractivity contribution in [2.24, 2.45) is 0 Å². The summed E-state index contributed by atoms with van der Waals surface area (Å²) in [5.74, 6) is 0. The minimum atomic E-state index is -11.1. The van der Waals surface area contributed by atoms with Crippen molar-refractivity contribution in [1.29, 1.82) is 18.4 Å². The van der Waals surface area contributed by atoms with Crippen molar-refractivity contribution < 1.29 is 105 Å². The van der Waals surface area contributed by atoms with Crippen molar-refractivity contribution in [3.63, 3.8) is 0 Å². The molecule has 0 saturated heterocycles. The maximum absolute atomic E-state index is 11.1. The minimum absolute atomic E-state index is 0. The summed E-state index contributed by atoms with van der Waals surface area (Å²) in [5.41, 5.74) is 0. The summed E-state index contributed by atoms with van der Waals surface area (Å²) in [6, 6.07) is 0. The summed E-state index contributed by atoms with van der Waals surface area (Å²) in [7, 11) is -22.7. The second kappa shape index (κ2) is 12.8. The molecule has 0 heterocycles. The van der Waals surface area contributed by atoms with Gasteiger partial charge in [0.2, 0.25) is 0 Å². The van der Waals surface area contributed by atoms with Crippen LogP contribution in [0.4, 0.5) is 88.2 Å². The van der Waals surface area contributed by atoms with Gasteiger partial charge in [0.25, 0.3) is 0 Å². The molecule has 0 spiro atoms. The molecule has 0 aliphatic carbocycles. The number of nitrogens with zero attached hydrogens (tertiary/aromatic N) is 4. The summed E-state index contributed by atoms with van der Waals surface area (Å²) in [5, 5.41) is 0. The van der Waals surface area contributed by atoms with Crippen LogP contribution in [0.25, 0.3) is 0 Å². The fourth-order valence-electron chi connectivity index (χ4n) is 0. The predicted octanol–water partition coefficient (Wildman–Crippen LogP) is 12.0. The van der Waals surface area contributed by atoms with Crippen LogP contribution in [-0.2, 0) is 17.1 Å². The molecular formula is As2F24MnN4S4. The average molecular weight is 845 g/mol. The zero-order chi connectivity index (χ0) is 30.8. The van der Waals surface area contributed by atoms with E-state index in [4.69, 9.17) is 18.4 Å². The first-order valence-corrected chi connectivity index (χ1v) is 18.3. The van der Waals surface area contributed by atoms with Crippen LogP contribution >= 0.6 is 43.3 Å². The minimum Gasteiger partial charge on any atom is -0.129 e. The van der Waals surface area contributed by atoms with Gasteiger partial charge < -0.3 is 0 Å². The van der Waals surface area contributed by atoms with Crippen LogP contribution in [0.5, 0.6) is 0 Å². The largest absolute Gasteiger partial charge is 2.00 e. The van der Waals surface area contributed by atoms with E-state index < -0.39 is 71.6 Å². The Labute approximate surface area is 195 Å². The van der Waals surface area contributed by atoms with Crippen LogP contribution in [0.15, 0.2) is 0 Å². The third-order valence-corrected chi connectivity index (χ3v) is 0. The Balaban J connectivity index is -0.0000000539. The monoisotopic (exact) mass is 845 g/mol. The molecule has 0 N–H and O–H groups in total. The molecule has 35 heavy (non-hydrogen) atoms. The Kier molecular flexibility index (Phi) is 19.0. The molecule has 0 aliphatic rings. The second-order valence-electron chi connectivity index (χ2n) is 3.44. The zero-order valence-electron chi connectivity index (χ0n) is 13.8. The van der Waals surface area contributed by atoms with Gasteiger partial charge in [-0.2, -0.15) is 0 Å². The smallest absolute Gasteiger partial charge is 0.129 e. The molecule has 229 valence electrons. The molecule has 0 bridgehead atoms. The van der Waals surface area contributed by atoms with Crippen molar-refractivity contribution >= 4 is 71.6 Å². The van der Waals surface area contributed by atoms with Gasteiger partial charge >= 0.3 is 130 Å². The van der Waals surface area contributed by atoms with E-state index in [1.54, 1.807) is 0 Å². The molecule has 1 radical (unpaired) electrons. The van der Waals surface area contributed by atoms with Gasteiger partial charge in [-0.05, 0) is 0 Å². The van der Waals surface area contributed by atoms with E-state index in [0.29, 0.717) is 0 Å². The average Bonchev–Trinajstić information content (AvgIpc) is 1.87. The van der Waals surface area contributed by atoms with E-state index in [9.17, 15) is 88.2 Å². The maximum atomic E-state index is 9.99. The SMILES string of the molecule is F[As-](F)(F)(F)(F)F.F[As-](F)(F)(F)(F)F.N#S(F)(F)F.N#S(F)(F)F.N#S(F)(F)F.N#S(F)(F)F.[Mn+2]. The van der Waals surface area contributed by atoms with Gasteiger partial charge in [0.05, 0.1) is 0 Å². The number of halogens is 24. The quantitative estimate of drug-likeness (QED) is 0.179. The van der Waals surface area contributed by atoms with Gasteiger partial charge in [0.1, 0.15) is 0 Å². The van der Waals surface area contributed by atoms with Crippen LogP contribution in [-0.4, -0.2) is 28.3 Å². The molecule has 0 saturated carbocycles. The molecule has 4 nitrogen and oxygen atoms in total. The maximum Gasteiger partial charge on any atom is 2.00 e. The first kappa shape index (κ1) is 51.8. The van der Waals surface area contributed by atoms with E-state index in [-0.39, 0.29) is 17.1 Å². The summed E-state index contributed by atoms with van der Waals surface area (Å²) in [6.07, 6.45) is 0. The molecule has 0 rings (SSSR count). The van der Waals surface area contributed by atoms with Gasteiger partial charge in [-0.15, -0.1) is 18.4 Å². The Bertz CT molecular complexity index is 801. The van der Waals surface area contributed by atoms with Crippen LogP contribution in [0.3, 0.4) is 0 Å². The topological polar surface area (TPSA) is 95.2 Å². The molecule has 0 fully saturated rings. The number of hydrogen-bond acceptors (Lipinski definition) is 4. The van der Waals surface area contributed by atoms with Gasteiger partial charge in [0, 0.05) is 0 Å². The fourth-order valence-corrected chi connectivity index (χ4v) is 0. The molecule has 0 aromatic heterocycles. The summed E-state index contributed by atoms with van der Waals surface area (Å²) in [4.78, 5) is 0. The van der Waals surface area contributed by atoms with Crippen LogP contribution in [0, 0.1) is 18.4 Å². The Morgan fingerprint density at radius 3 is 0.286 bits per heavy atom. The van der Waals surface area contributed by atoms with Crippen LogP contribution < -0.4 is 0 Å². The Hall–Kier alpha value is 0.196. The molecule has 35 heteroatoms. The van der Waals surface area contributed by atoms with E-state index in [0.717, 1.165) is 0 Å². The van der Waals surface area contributed by atoms with Crippen molar-refractivity contribution in [3.05, 3.63) is 0 Å². The number of hydrogen-bond donors (Lipinski definition) is 0. The van der Waals surface area contributed by atoms with E-state index >= 15 is 0 Å². The first-order chi connectivity index (χ1) is 12.9. The van der Waals surface area contributed by atoms with Gasteiger partial charge in [0.15, 0.2) is 0 Å². The Morgan fingerprint density at radius 2 is 0.286 bits per heavy atom. The first-order valence-electron chi connectivity index (χ1n) is 4.61. The molecule has 0 aromatic rings.